The number of amides is 2. The zero-order valence-corrected chi connectivity index (χ0v) is 18.8. The van der Waals surface area contributed by atoms with Crippen LogP contribution in [0.25, 0.3) is 0 Å². The third kappa shape index (κ3) is 6.91. The molecule has 0 bridgehead atoms. The number of carbonyl (C=O) groups is 2. The SMILES string of the molecule is CCCNC(=O)C(CC)N(Cc1ccc(Cl)cc1)C(=O)Cc1ccc(Cl)c(Cl)c1. The molecule has 2 amide bonds. The van der Waals surface area contributed by atoms with E-state index >= 15 is 0 Å². The Bertz CT molecular complexity index is 840. The van der Waals surface area contributed by atoms with Crippen LogP contribution in [0.3, 0.4) is 0 Å². The molecule has 0 radical (unpaired) electrons. The molecule has 0 saturated heterocycles. The maximum atomic E-state index is 13.2. The van der Waals surface area contributed by atoms with Gasteiger partial charge in [0.05, 0.1) is 16.5 Å². The number of halogens is 3. The number of benzene rings is 2. The smallest absolute Gasteiger partial charge is 0.242 e. The maximum absolute atomic E-state index is 13.2. The van der Waals surface area contributed by atoms with Gasteiger partial charge in [0.15, 0.2) is 0 Å². The van der Waals surface area contributed by atoms with Gasteiger partial charge in [0.25, 0.3) is 0 Å². The second-order valence-corrected chi connectivity index (χ2v) is 8.04. The Kier molecular flexibility index (Phi) is 9.28. The van der Waals surface area contributed by atoms with E-state index in [9.17, 15) is 9.59 Å². The van der Waals surface area contributed by atoms with E-state index < -0.39 is 6.04 Å². The minimum absolute atomic E-state index is 0.127. The van der Waals surface area contributed by atoms with Crippen LogP contribution < -0.4 is 5.32 Å². The molecule has 1 N–H and O–H groups in total. The Morgan fingerprint density at radius 2 is 1.62 bits per heavy atom. The lowest BCUT2D eigenvalue weighted by atomic mass is 10.1. The fourth-order valence-electron chi connectivity index (χ4n) is 3.00. The topological polar surface area (TPSA) is 49.4 Å². The van der Waals surface area contributed by atoms with Gasteiger partial charge in [-0.1, -0.05) is 66.8 Å². The fraction of sp³-hybridized carbons (Fsp3) is 0.364. The summed E-state index contributed by atoms with van der Waals surface area (Å²) < 4.78 is 0. The quantitative estimate of drug-likeness (QED) is 0.541. The summed E-state index contributed by atoms with van der Waals surface area (Å²) in [5, 5.41) is 4.36. The van der Waals surface area contributed by atoms with E-state index in [1.165, 1.54) is 0 Å². The molecule has 0 aliphatic heterocycles. The number of hydrogen-bond acceptors (Lipinski definition) is 2. The van der Waals surface area contributed by atoms with Gasteiger partial charge in [-0.05, 0) is 48.2 Å². The molecule has 0 heterocycles. The van der Waals surface area contributed by atoms with Crippen molar-refractivity contribution in [3.05, 3.63) is 68.7 Å². The van der Waals surface area contributed by atoms with Crippen molar-refractivity contribution in [3.8, 4) is 0 Å². The van der Waals surface area contributed by atoms with Gasteiger partial charge in [-0.3, -0.25) is 9.59 Å². The lowest BCUT2D eigenvalue weighted by Crippen LogP contribution is -2.49. The van der Waals surface area contributed by atoms with Crippen LogP contribution in [-0.4, -0.2) is 29.3 Å². The summed E-state index contributed by atoms with van der Waals surface area (Å²) in [5.41, 5.74) is 1.65. The third-order valence-electron chi connectivity index (χ3n) is 4.54. The highest BCUT2D eigenvalue weighted by molar-refractivity contribution is 6.42. The summed E-state index contributed by atoms with van der Waals surface area (Å²) in [5.74, 6) is -0.303. The summed E-state index contributed by atoms with van der Waals surface area (Å²) in [4.78, 5) is 27.5. The maximum Gasteiger partial charge on any atom is 0.242 e. The lowest BCUT2D eigenvalue weighted by molar-refractivity contribution is -0.140. The predicted octanol–water partition coefficient (Wildman–Crippen LogP) is 5.52. The lowest BCUT2D eigenvalue weighted by Gasteiger charge is -2.31. The van der Waals surface area contributed by atoms with Crippen molar-refractivity contribution in [1.29, 1.82) is 0 Å². The van der Waals surface area contributed by atoms with Crippen LogP contribution in [0.1, 0.15) is 37.8 Å². The molecule has 0 aliphatic rings. The number of nitrogens with one attached hydrogen (secondary N) is 1. The molecule has 0 aliphatic carbocycles. The Hall–Kier alpha value is -1.75. The summed E-state index contributed by atoms with van der Waals surface area (Å²) >= 11 is 18.0. The Labute approximate surface area is 187 Å². The van der Waals surface area contributed by atoms with Crippen molar-refractivity contribution in [2.24, 2.45) is 0 Å². The van der Waals surface area contributed by atoms with Crippen LogP contribution in [0, 0.1) is 0 Å². The zero-order chi connectivity index (χ0) is 21.4. The number of nitrogens with zero attached hydrogens (tertiary/aromatic N) is 1. The van der Waals surface area contributed by atoms with E-state index in [0.717, 1.165) is 17.5 Å². The third-order valence-corrected chi connectivity index (χ3v) is 5.53. The largest absolute Gasteiger partial charge is 0.354 e. The standard InChI is InChI=1S/C22H25Cl3N2O2/c1-3-11-26-22(29)20(4-2)27(14-15-5-8-17(23)9-6-15)21(28)13-16-7-10-18(24)19(25)12-16/h5-10,12,20H,3-4,11,13-14H2,1-2H3,(H,26,29). The molecule has 29 heavy (non-hydrogen) atoms. The van der Waals surface area contributed by atoms with Crippen LogP contribution >= 0.6 is 34.8 Å². The van der Waals surface area contributed by atoms with Gasteiger partial charge in [-0.15, -0.1) is 0 Å². The molecule has 0 saturated carbocycles. The van der Waals surface area contributed by atoms with Crippen molar-refractivity contribution in [3.63, 3.8) is 0 Å². The molecule has 0 aromatic heterocycles. The van der Waals surface area contributed by atoms with Gasteiger partial charge >= 0.3 is 0 Å². The predicted molar refractivity (Wildman–Crippen MR) is 120 cm³/mol. The Morgan fingerprint density at radius 3 is 2.21 bits per heavy atom. The van der Waals surface area contributed by atoms with E-state index in [2.05, 4.69) is 5.32 Å². The average molecular weight is 456 g/mol. The second-order valence-electron chi connectivity index (χ2n) is 6.79. The Morgan fingerprint density at radius 1 is 0.966 bits per heavy atom. The summed E-state index contributed by atoms with van der Waals surface area (Å²) in [7, 11) is 0. The Balaban J connectivity index is 2.27. The first-order valence-corrected chi connectivity index (χ1v) is 10.7. The number of hydrogen-bond donors (Lipinski definition) is 1. The molecular formula is C22H25Cl3N2O2. The van der Waals surface area contributed by atoms with Crippen molar-refractivity contribution < 1.29 is 9.59 Å². The van der Waals surface area contributed by atoms with Crippen molar-refractivity contribution >= 4 is 46.6 Å². The minimum Gasteiger partial charge on any atom is -0.354 e. The summed E-state index contributed by atoms with van der Waals surface area (Å²) in [6.07, 6.45) is 1.47. The molecule has 7 heteroatoms. The molecule has 4 nitrogen and oxygen atoms in total. The van der Waals surface area contributed by atoms with E-state index in [4.69, 9.17) is 34.8 Å². The fourth-order valence-corrected chi connectivity index (χ4v) is 3.44. The van der Waals surface area contributed by atoms with Gasteiger partial charge in [0.2, 0.25) is 11.8 Å². The van der Waals surface area contributed by atoms with E-state index in [0.29, 0.717) is 34.6 Å². The van der Waals surface area contributed by atoms with Gasteiger partial charge in [-0.25, -0.2) is 0 Å². The van der Waals surface area contributed by atoms with Crippen LogP contribution in [-0.2, 0) is 22.6 Å². The first kappa shape index (κ1) is 23.5. The summed E-state index contributed by atoms with van der Waals surface area (Å²) in [6.45, 7) is 4.78. The molecule has 0 spiro atoms. The average Bonchev–Trinajstić information content (AvgIpc) is 2.70. The van der Waals surface area contributed by atoms with Gasteiger partial charge in [-0.2, -0.15) is 0 Å². The highest BCUT2D eigenvalue weighted by Gasteiger charge is 2.28. The summed E-state index contributed by atoms with van der Waals surface area (Å²) in [6, 6.07) is 11.8. The van der Waals surface area contributed by atoms with E-state index in [1.807, 2.05) is 26.0 Å². The van der Waals surface area contributed by atoms with Crippen molar-refractivity contribution in [2.45, 2.75) is 45.7 Å². The van der Waals surface area contributed by atoms with Gasteiger partial charge in [0, 0.05) is 18.1 Å². The molecule has 1 unspecified atom stereocenters. The first-order chi connectivity index (χ1) is 13.8. The number of carbonyl (C=O) groups excluding carboxylic acids is 2. The van der Waals surface area contributed by atoms with Crippen LogP contribution in [0.5, 0.6) is 0 Å². The molecule has 1 atom stereocenters. The zero-order valence-electron chi connectivity index (χ0n) is 16.6. The molecular weight excluding hydrogens is 431 g/mol. The number of rotatable bonds is 9. The van der Waals surface area contributed by atoms with Crippen LogP contribution in [0.4, 0.5) is 0 Å². The van der Waals surface area contributed by atoms with E-state index in [-0.39, 0.29) is 18.2 Å². The van der Waals surface area contributed by atoms with Crippen molar-refractivity contribution in [2.75, 3.05) is 6.54 Å². The molecule has 156 valence electrons. The highest BCUT2D eigenvalue weighted by atomic mass is 35.5. The van der Waals surface area contributed by atoms with Crippen LogP contribution in [0.2, 0.25) is 15.1 Å². The molecule has 2 aromatic carbocycles. The molecule has 0 fully saturated rings. The highest BCUT2D eigenvalue weighted by Crippen LogP contribution is 2.24. The van der Waals surface area contributed by atoms with Crippen LogP contribution in [0.15, 0.2) is 42.5 Å². The normalized spacial score (nSPS) is 11.8. The molecule has 2 aromatic rings. The first-order valence-electron chi connectivity index (χ1n) is 9.61. The second kappa shape index (κ2) is 11.4. The minimum atomic E-state index is -0.562. The van der Waals surface area contributed by atoms with Gasteiger partial charge in [0.1, 0.15) is 6.04 Å². The van der Waals surface area contributed by atoms with E-state index in [1.54, 1.807) is 35.2 Å². The monoisotopic (exact) mass is 454 g/mol. The van der Waals surface area contributed by atoms with Crippen molar-refractivity contribution in [1.82, 2.24) is 10.2 Å². The van der Waals surface area contributed by atoms with Gasteiger partial charge < -0.3 is 10.2 Å². The molecule has 2 rings (SSSR count).